The highest BCUT2D eigenvalue weighted by atomic mass is 16.6. The molecule has 23 heavy (non-hydrogen) atoms. The van der Waals surface area contributed by atoms with Crippen molar-refractivity contribution in [3.8, 4) is 11.4 Å². The standard InChI is InChI=1S/C17H19N3O3/c1-9(2)14-15(18-10(3)21)17(22)20-16(19-14)12-7-5-4-6-11(12)13-8-23-13/h4-7,9,13H,8H2,1-3H3,(H,18,21)(H,19,20,22). The van der Waals surface area contributed by atoms with E-state index in [2.05, 4.69) is 15.3 Å². The quantitative estimate of drug-likeness (QED) is 0.849. The maximum Gasteiger partial charge on any atom is 0.275 e. The van der Waals surface area contributed by atoms with Crippen LogP contribution in [-0.2, 0) is 9.53 Å². The number of hydrogen-bond donors (Lipinski definition) is 2. The molecule has 2 N–H and O–H groups in total. The fourth-order valence-corrected chi connectivity index (χ4v) is 2.55. The maximum atomic E-state index is 12.4. The van der Waals surface area contributed by atoms with Gasteiger partial charge in [-0.25, -0.2) is 4.98 Å². The number of aromatic nitrogens is 2. The first-order valence-corrected chi connectivity index (χ1v) is 7.60. The fourth-order valence-electron chi connectivity index (χ4n) is 2.55. The van der Waals surface area contributed by atoms with E-state index >= 15 is 0 Å². The molecule has 1 aromatic carbocycles. The molecule has 1 aromatic heterocycles. The second kappa shape index (κ2) is 5.96. The number of carbonyl (C=O) groups excluding carboxylic acids is 1. The molecule has 1 amide bonds. The van der Waals surface area contributed by atoms with Crippen LogP contribution < -0.4 is 10.9 Å². The average Bonchev–Trinajstić information content (AvgIpc) is 3.33. The van der Waals surface area contributed by atoms with Crippen LogP contribution in [0.1, 0.15) is 44.1 Å². The second-order valence-electron chi connectivity index (χ2n) is 5.92. The number of epoxide rings is 1. The molecule has 1 atom stereocenters. The molecule has 2 aromatic rings. The van der Waals surface area contributed by atoms with Crippen LogP contribution in [0.25, 0.3) is 11.4 Å². The minimum Gasteiger partial charge on any atom is -0.368 e. The van der Waals surface area contributed by atoms with E-state index in [9.17, 15) is 9.59 Å². The molecule has 120 valence electrons. The largest absolute Gasteiger partial charge is 0.368 e. The Balaban J connectivity index is 2.15. The Morgan fingerprint density at radius 3 is 2.70 bits per heavy atom. The van der Waals surface area contributed by atoms with Gasteiger partial charge in [-0.15, -0.1) is 0 Å². The van der Waals surface area contributed by atoms with Crippen LogP contribution in [-0.4, -0.2) is 22.5 Å². The first-order valence-electron chi connectivity index (χ1n) is 7.60. The molecule has 6 heteroatoms. The van der Waals surface area contributed by atoms with Gasteiger partial charge in [0.2, 0.25) is 5.91 Å². The molecule has 1 unspecified atom stereocenters. The van der Waals surface area contributed by atoms with Crippen molar-refractivity contribution in [1.29, 1.82) is 0 Å². The minimum absolute atomic E-state index is 0.00207. The van der Waals surface area contributed by atoms with Crippen molar-refractivity contribution in [2.45, 2.75) is 32.8 Å². The summed E-state index contributed by atoms with van der Waals surface area (Å²) in [6.45, 7) is 5.93. The van der Waals surface area contributed by atoms with Gasteiger partial charge in [0.05, 0.1) is 12.3 Å². The molecule has 6 nitrogen and oxygen atoms in total. The molecule has 1 fully saturated rings. The number of amides is 1. The molecule has 3 rings (SSSR count). The van der Waals surface area contributed by atoms with Crippen molar-refractivity contribution in [3.05, 3.63) is 45.9 Å². The molecular weight excluding hydrogens is 294 g/mol. The Labute approximate surface area is 133 Å². The zero-order valence-electron chi connectivity index (χ0n) is 13.3. The number of hydrogen-bond acceptors (Lipinski definition) is 4. The van der Waals surface area contributed by atoms with Crippen LogP contribution in [0.5, 0.6) is 0 Å². The highest BCUT2D eigenvalue weighted by Crippen LogP contribution is 2.36. The molecule has 0 aliphatic carbocycles. The highest BCUT2D eigenvalue weighted by Gasteiger charge is 2.28. The Morgan fingerprint density at radius 2 is 2.09 bits per heavy atom. The van der Waals surface area contributed by atoms with Gasteiger partial charge in [0.15, 0.2) is 0 Å². The summed E-state index contributed by atoms with van der Waals surface area (Å²) in [5.41, 5.74) is 2.31. The molecule has 1 saturated heterocycles. The van der Waals surface area contributed by atoms with Crippen molar-refractivity contribution in [1.82, 2.24) is 9.97 Å². The number of nitrogens with zero attached hydrogens (tertiary/aromatic N) is 1. The molecule has 1 aliphatic rings. The van der Waals surface area contributed by atoms with Gasteiger partial charge >= 0.3 is 0 Å². The summed E-state index contributed by atoms with van der Waals surface area (Å²) in [7, 11) is 0. The maximum absolute atomic E-state index is 12.4. The van der Waals surface area contributed by atoms with Gasteiger partial charge in [0, 0.05) is 12.5 Å². The van der Waals surface area contributed by atoms with Gasteiger partial charge in [-0.2, -0.15) is 0 Å². The van der Waals surface area contributed by atoms with E-state index in [4.69, 9.17) is 4.74 Å². The molecule has 0 saturated carbocycles. The van der Waals surface area contributed by atoms with Gasteiger partial charge in [-0.1, -0.05) is 38.1 Å². The zero-order chi connectivity index (χ0) is 16.6. The molecular formula is C17H19N3O3. The van der Waals surface area contributed by atoms with Gasteiger partial charge < -0.3 is 15.0 Å². The van der Waals surface area contributed by atoms with E-state index in [1.165, 1.54) is 6.92 Å². The Hall–Kier alpha value is -2.47. The normalized spacial score (nSPS) is 16.4. The predicted molar refractivity (Wildman–Crippen MR) is 87.4 cm³/mol. The monoisotopic (exact) mass is 313 g/mol. The third-order valence-electron chi connectivity index (χ3n) is 3.69. The topological polar surface area (TPSA) is 87.4 Å². The third-order valence-corrected chi connectivity index (χ3v) is 3.69. The summed E-state index contributed by atoms with van der Waals surface area (Å²) in [5, 5.41) is 2.58. The van der Waals surface area contributed by atoms with E-state index in [0.29, 0.717) is 18.1 Å². The highest BCUT2D eigenvalue weighted by molar-refractivity contribution is 5.89. The van der Waals surface area contributed by atoms with Gasteiger partial charge in [0.25, 0.3) is 5.56 Å². The smallest absolute Gasteiger partial charge is 0.275 e. The predicted octanol–water partition coefficient (Wildman–Crippen LogP) is 2.59. The molecule has 0 spiro atoms. The molecule has 0 bridgehead atoms. The van der Waals surface area contributed by atoms with Gasteiger partial charge in [-0.3, -0.25) is 9.59 Å². The summed E-state index contributed by atoms with van der Waals surface area (Å²) < 4.78 is 5.36. The lowest BCUT2D eigenvalue weighted by atomic mass is 10.0. The first kappa shape index (κ1) is 15.4. The molecule has 0 radical (unpaired) electrons. The Kier molecular flexibility index (Phi) is 4.00. The van der Waals surface area contributed by atoms with E-state index in [1.54, 1.807) is 0 Å². The van der Waals surface area contributed by atoms with Gasteiger partial charge in [0.1, 0.15) is 17.6 Å². The van der Waals surface area contributed by atoms with Crippen molar-refractivity contribution in [3.63, 3.8) is 0 Å². The lowest BCUT2D eigenvalue weighted by molar-refractivity contribution is -0.114. The summed E-state index contributed by atoms with van der Waals surface area (Å²) in [4.78, 5) is 31.1. The Bertz CT molecular complexity index is 807. The van der Waals surface area contributed by atoms with Crippen LogP contribution in [0.15, 0.2) is 29.1 Å². The number of ether oxygens (including phenoxy) is 1. The van der Waals surface area contributed by atoms with Crippen LogP contribution in [0.2, 0.25) is 0 Å². The fraction of sp³-hybridized carbons (Fsp3) is 0.353. The van der Waals surface area contributed by atoms with Crippen molar-refractivity contribution < 1.29 is 9.53 Å². The summed E-state index contributed by atoms with van der Waals surface area (Å²) in [5.74, 6) is 0.208. The van der Waals surface area contributed by atoms with E-state index < -0.39 is 0 Å². The first-order chi connectivity index (χ1) is 11.0. The Morgan fingerprint density at radius 1 is 1.39 bits per heavy atom. The van der Waals surface area contributed by atoms with E-state index in [0.717, 1.165) is 11.1 Å². The van der Waals surface area contributed by atoms with Crippen molar-refractivity contribution >= 4 is 11.6 Å². The number of aromatic amines is 1. The summed E-state index contributed by atoms with van der Waals surface area (Å²) in [6, 6.07) is 7.73. The average molecular weight is 313 g/mol. The van der Waals surface area contributed by atoms with Crippen molar-refractivity contribution in [2.24, 2.45) is 0 Å². The van der Waals surface area contributed by atoms with Crippen LogP contribution in [0, 0.1) is 0 Å². The van der Waals surface area contributed by atoms with Crippen LogP contribution >= 0.6 is 0 Å². The number of anilines is 1. The van der Waals surface area contributed by atoms with E-state index in [1.807, 2.05) is 38.1 Å². The number of nitrogens with one attached hydrogen (secondary N) is 2. The second-order valence-corrected chi connectivity index (χ2v) is 5.92. The number of rotatable bonds is 4. The lowest BCUT2D eigenvalue weighted by Crippen LogP contribution is -2.22. The van der Waals surface area contributed by atoms with Gasteiger partial charge in [-0.05, 0) is 11.5 Å². The SMILES string of the molecule is CC(=O)Nc1c(C(C)C)nc(-c2ccccc2C2CO2)[nH]c1=O. The summed E-state index contributed by atoms with van der Waals surface area (Å²) >= 11 is 0. The van der Waals surface area contributed by atoms with Crippen molar-refractivity contribution in [2.75, 3.05) is 11.9 Å². The van der Waals surface area contributed by atoms with Crippen LogP contribution in [0.3, 0.4) is 0 Å². The third kappa shape index (κ3) is 3.17. The molecule has 2 heterocycles. The number of H-pyrrole nitrogens is 1. The zero-order valence-corrected chi connectivity index (χ0v) is 13.3. The van der Waals surface area contributed by atoms with E-state index in [-0.39, 0.29) is 29.2 Å². The van der Waals surface area contributed by atoms with Crippen LogP contribution in [0.4, 0.5) is 5.69 Å². The summed E-state index contributed by atoms with van der Waals surface area (Å²) in [6.07, 6.45) is 0.0639. The lowest BCUT2D eigenvalue weighted by Gasteiger charge is -2.14. The number of carbonyl (C=O) groups is 1. The number of benzene rings is 1. The molecule has 1 aliphatic heterocycles. The minimum atomic E-state index is -0.347.